The van der Waals surface area contributed by atoms with E-state index in [1.165, 1.54) is 18.4 Å². The van der Waals surface area contributed by atoms with Crippen LogP contribution in [0, 0.1) is 5.92 Å². The molecule has 0 saturated carbocycles. The van der Waals surface area contributed by atoms with Gasteiger partial charge in [0.15, 0.2) is 0 Å². The maximum Gasteiger partial charge on any atom is 0.0507 e. The van der Waals surface area contributed by atoms with E-state index in [-0.39, 0.29) is 0 Å². The SMILES string of the molecule is NC1=C(N)CC2CCC=CC2=C1. The molecular formula is C10H14N2. The second kappa shape index (κ2) is 2.70. The van der Waals surface area contributed by atoms with E-state index in [1.54, 1.807) is 0 Å². The van der Waals surface area contributed by atoms with Gasteiger partial charge in [-0.15, -0.1) is 0 Å². The molecule has 0 aliphatic heterocycles. The van der Waals surface area contributed by atoms with Gasteiger partial charge in [0.05, 0.1) is 5.70 Å². The van der Waals surface area contributed by atoms with E-state index in [4.69, 9.17) is 11.5 Å². The second-order valence-electron chi connectivity index (χ2n) is 3.51. The van der Waals surface area contributed by atoms with Gasteiger partial charge in [-0.2, -0.15) is 0 Å². The molecule has 2 nitrogen and oxygen atoms in total. The molecule has 0 aromatic rings. The van der Waals surface area contributed by atoms with E-state index >= 15 is 0 Å². The Morgan fingerprint density at radius 3 is 3.00 bits per heavy atom. The molecule has 2 aliphatic rings. The van der Waals surface area contributed by atoms with Gasteiger partial charge in [0.25, 0.3) is 0 Å². The fourth-order valence-electron chi connectivity index (χ4n) is 1.86. The van der Waals surface area contributed by atoms with Crippen LogP contribution in [0.2, 0.25) is 0 Å². The monoisotopic (exact) mass is 162 g/mol. The Hall–Kier alpha value is -1.18. The van der Waals surface area contributed by atoms with Gasteiger partial charge in [-0.3, -0.25) is 0 Å². The van der Waals surface area contributed by atoms with Crippen LogP contribution in [0.5, 0.6) is 0 Å². The molecule has 0 spiro atoms. The molecule has 12 heavy (non-hydrogen) atoms. The molecule has 0 saturated heterocycles. The minimum atomic E-state index is 0.627. The highest BCUT2D eigenvalue weighted by Crippen LogP contribution is 2.32. The highest BCUT2D eigenvalue weighted by Gasteiger charge is 2.20. The molecule has 0 amide bonds. The fraction of sp³-hybridized carbons (Fsp3) is 0.400. The van der Waals surface area contributed by atoms with Crippen LogP contribution in [0.3, 0.4) is 0 Å². The van der Waals surface area contributed by atoms with Gasteiger partial charge in [-0.25, -0.2) is 0 Å². The summed E-state index contributed by atoms with van der Waals surface area (Å²) in [6.07, 6.45) is 9.73. The first-order valence-electron chi connectivity index (χ1n) is 4.39. The van der Waals surface area contributed by atoms with E-state index in [0.29, 0.717) is 5.92 Å². The van der Waals surface area contributed by atoms with Crippen molar-refractivity contribution in [1.82, 2.24) is 0 Å². The van der Waals surface area contributed by atoms with Crippen molar-refractivity contribution in [1.29, 1.82) is 0 Å². The largest absolute Gasteiger partial charge is 0.400 e. The van der Waals surface area contributed by atoms with Crippen LogP contribution in [-0.2, 0) is 0 Å². The summed E-state index contributed by atoms with van der Waals surface area (Å²) in [5.74, 6) is 0.627. The van der Waals surface area contributed by atoms with Crippen molar-refractivity contribution in [2.24, 2.45) is 17.4 Å². The third-order valence-corrected chi connectivity index (χ3v) is 2.62. The normalized spacial score (nSPS) is 28.3. The maximum absolute atomic E-state index is 5.77. The molecule has 1 atom stereocenters. The van der Waals surface area contributed by atoms with Crippen molar-refractivity contribution in [2.75, 3.05) is 0 Å². The van der Waals surface area contributed by atoms with Crippen LogP contribution >= 0.6 is 0 Å². The van der Waals surface area contributed by atoms with Gasteiger partial charge in [0, 0.05) is 5.70 Å². The molecule has 1 unspecified atom stereocenters. The molecule has 2 rings (SSSR count). The van der Waals surface area contributed by atoms with Crippen LogP contribution in [-0.4, -0.2) is 0 Å². The molecule has 2 aliphatic carbocycles. The Labute approximate surface area is 72.6 Å². The molecular weight excluding hydrogens is 148 g/mol. The van der Waals surface area contributed by atoms with E-state index in [2.05, 4.69) is 12.2 Å². The van der Waals surface area contributed by atoms with Crippen molar-refractivity contribution in [3.05, 3.63) is 35.2 Å². The lowest BCUT2D eigenvalue weighted by atomic mass is 9.82. The van der Waals surface area contributed by atoms with Crippen LogP contribution in [0.4, 0.5) is 0 Å². The van der Waals surface area contributed by atoms with Gasteiger partial charge >= 0.3 is 0 Å². The third-order valence-electron chi connectivity index (χ3n) is 2.62. The number of hydrogen-bond donors (Lipinski definition) is 2. The molecule has 2 heteroatoms. The van der Waals surface area contributed by atoms with Crippen molar-refractivity contribution in [3.63, 3.8) is 0 Å². The van der Waals surface area contributed by atoms with Gasteiger partial charge in [-0.05, 0) is 36.8 Å². The Bertz CT molecular complexity index is 284. The average Bonchev–Trinajstić information content (AvgIpc) is 2.07. The maximum atomic E-state index is 5.77. The number of hydrogen-bond acceptors (Lipinski definition) is 2. The first-order valence-corrected chi connectivity index (χ1v) is 4.39. The number of nitrogens with two attached hydrogens (primary N) is 2. The summed E-state index contributed by atoms with van der Waals surface area (Å²) in [6.45, 7) is 0. The Morgan fingerprint density at radius 2 is 2.17 bits per heavy atom. The lowest BCUT2D eigenvalue weighted by molar-refractivity contribution is 0.544. The first kappa shape index (κ1) is 7.47. The van der Waals surface area contributed by atoms with Gasteiger partial charge < -0.3 is 11.5 Å². The zero-order chi connectivity index (χ0) is 8.55. The predicted molar refractivity (Wildman–Crippen MR) is 50.0 cm³/mol. The molecule has 4 N–H and O–H groups in total. The molecule has 0 bridgehead atoms. The van der Waals surface area contributed by atoms with E-state index in [9.17, 15) is 0 Å². The zero-order valence-corrected chi connectivity index (χ0v) is 7.09. The summed E-state index contributed by atoms with van der Waals surface area (Å²) in [6, 6.07) is 0. The van der Waals surface area contributed by atoms with E-state index in [1.807, 2.05) is 6.08 Å². The lowest BCUT2D eigenvalue weighted by Crippen LogP contribution is -2.20. The standard InChI is InChI=1S/C10H14N2/c11-9-5-7-3-1-2-4-8(7)6-10(9)12/h1,3,5,8H,2,4,6,11-12H2. The van der Waals surface area contributed by atoms with Crippen LogP contribution < -0.4 is 11.5 Å². The van der Waals surface area contributed by atoms with Gasteiger partial charge in [-0.1, -0.05) is 12.2 Å². The average molecular weight is 162 g/mol. The van der Waals surface area contributed by atoms with E-state index < -0.39 is 0 Å². The number of fused-ring (bicyclic) bond motifs is 1. The molecule has 0 aromatic heterocycles. The molecule has 0 radical (unpaired) electrons. The molecule has 0 aromatic carbocycles. The van der Waals surface area contributed by atoms with Crippen molar-refractivity contribution in [2.45, 2.75) is 19.3 Å². The summed E-state index contributed by atoms with van der Waals surface area (Å²) in [5.41, 5.74) is 14.5. The summed E-state index contributed by atoms with van der Waals surface area (Å²) in [7, 11) is 0. The second-order valence-corrected chi connectivity index (χ2v) is 3.51. The first-order chi connectivity index (χ1) is 5.77. The van der Waals surface area contributed by atoms with Crippen LogP contribution in [0.25, 0.3) is 0 Å². The summed E-state index contributed by atoms with van der Waals surface area (Å²) < 4.78 is 0. The summed E-state index contributed by atoms with van der Waals surface area (Å²) >= 11 is 0. The number of rotatable bonds is 0. The van der Waals surface area contributed by atoms with Crippen LogP contribution in [0.15, 0.2) is 35.2 Å². The van der Waals surface area contributed by atoms with Gasteiger partial charge in [0.1, 0.15) is 0 Å². The molecule has 0 heterocycles. The van der Waals surface area contributed by atoms with Crippen molar-refractivity contribution < 1.29 is 0 Å². The zero-order valence-electron chi connectivity index (χ0n) is 7.09. The lowest BCUT2D eigenvalue weighted by Gasteiger charge is -2.25. The molecule has 0 fully saturated rings. The highest BCUT2D eigenvalue weighted by molar-refractivity contribution is 5.38. The van der Waals surface area contributed by atoms with Crippen molar-refractivity contribution >= 4 is 0 Å². The fourth-order valence-corrected chi connectivity index (χ4v) is 1.86. The Morgan fingerprint density at radius 1 is 1.33 bits per heavy atom. The smallest absolute Gasteiger partial charge is 0.0507 e. The summed E-state index contributed by atoms with van der Waals surface area (Å²) in [5, 5.41) is 0. The van der Waals surface area contributed by atoms with Gasteiger partial charge in [0.2, 0.25) is 0 Å². The Kier molecular flexibility index (Phi) is 1.68. The molecule has 64 valence electrons. The minimum absolute atomic E-state index is 0.627. The van der Waals surface area contributed by atoms with Crippen LogP contribution in [0.1, 0.15) is 19.3 Å². The predicted octanol–water partition coefficient (Wildman–Crippen LogP) is 1.41. The topological polar surface area (TPSA) is 52.0 Å². The van der Waals surface area contributed by atoms with Crippen molar-refractivity contribution in [3.8, 4) is 0 Å². The summed E-state index contributed by atoms with van der Waals surface area (Å²) in [4.78, 5) is 0. The number of allylic oxidation sites excluding steroid dienone is 5. The minimum Gasteiger partial charge on any atom is -0.400 e. The Balaban J connectivity index is 2.33. The van der Waals surface area contributed by atoms with E-state index in [0.717, 1.165) is 17.8 Å². The third kappa shape index (κ3) is 1.13. The quantitative estimate of drug-likeness (QED) is 0.566. The highest BCUT2D eigenvalue weighted by atomic mass is 14.7.